The van der Waals surface area contributed by atoms with E-state index >= 15 is 0 Å². The van der Waals surface area contributed by atoms with Crippen molar-refractivity contribution in [2.75, 3.05) is 6.54 Å². The molecule has 19 heavy (non-hydrogen) atoms. The second-order valence-corrected chi connectivity index (χ2v) is 6.16. The largest absolute Gasteiger partial charge is 0.330 e. The van der Waals surface area contributed by atoms with Crippen LogP contribution in [-0.2, 0) is 0 Å². The molecule has 0 atom stereocenters. The number of rotatable bonds is 3. The fourth-order valence-electron chi connectivity index (χ4n) is 3.24. The summed E-state index contributed by atoms with van der Waals surface area (Å²) in [5.74, 6) is 1.36. The predicted molar refractivity (Wildman–Crippen MR) is 75.1 cm³/mol. The number of nitrogens with zero attached hydrogens (tertiary/aromatic N) is 3. The van der Waals surface area contributed by atoms with Crippen molar-refractivity contribution < 1.29 is 0 Å². The molecule has 2 fully saturated rings. The SMILES string of the molecule is Cc1ccnc2c1c(C1CC1)nn2C1CC(CN)C1. The first-order valence-electron chi connectivity index (χ1n) is 7.31. The molecule has 4 rings (SSSR count). The number of pyridine rings is 1. The van der Waals surface area contributed by atoms with Crippen LogP contribution in [0.5, 0.6) is 0 Å². The minimum Gasteiger partial charge on any atom is -0.330 e. The van der Waals surface area contributed by atoms with Crippen LogP contribution in [0.1, 0.15) is 48.9 Å². The topological polar surface area (TPSA) is 56.7 Å². The highest BCUT2D eigenvalue weighted by Crippen LogP contribution is 2.45. The maximum absolute atomic E-state index is 5.73. The lowest BCUT2D eigenvalue weighted by Crippen LogP contribution is -2.32. The molecule has 4 heteroatoms. The molecular formula is C15H20N4. The monoisotopic (exact) mass is 256 g/mol. The van der Waals surface area contributed by atoms with E-state index in [0.717, 1.165) is 25.0 Å². The number of aromatic nitrogens is 3. The van der Waals surface area contributed by atoms with E-state index in [-0.39, 0.29) is 0 Å². The first-order valence-corrected chi connectivity index (χ1v) is 7.31. The van der Waals surface area contributed by atoms with Gasteiger partial charge in [-0.05, 0) is 56.7 Å². The van der Waals surface area contributed by atoms with Crippen LogP contribution in [0.4, 0.5) is 0 Å². The van der Waals surface area contributed by atoms with Crippen molar-refractivity contribution in [3.8, 4) is 0 Å². The summed E-state index contributed by atoms with van der Waals surface area (Å²) in [7, 11) is 0. The Balaban J connectivity index is 1.81. The second kappa shape index (κ2) is 4.04. The molecule has 0 unspecified atom stereocenters. The fraction of sp³-hybridized carbons (Fsp3) is 0.600. The van der Waals surface area contributed by atoms with Gasteiger partial charge < -0.3 is 5.73 Å². The van der Waals surface area contributed by atoms with E-state index in [9.17, 15) is 0 Å². The molecule has 2 N–H and O–H groups in total. The molecule has 0 spiro atoms. The van der Waals surface area contributed by atoms with E-state index in [0.29, 0.717) is 17.9 Å². The van der Waals surface area contributed by atoms with Crippen molar-refractivity contribution >= 4 is 11.0 Å². The summed E-state index contributed by atoms with van der Waals surface area (Å²) in [5, 5.41) is 6.22. The Kier molecular flexibility index (Phi) is 2.42. The zero-order valence-electron chi connectivity index (χ0n) is 11.3. The summed E-state index contributed by atoms with van der Waals surface area (Å²) in [4.78, 5) is 4.60. The van der Waals surface area contributed by atoms with E-state index in [2.05, 4.69) is 22.7 Å². The molecular weight excluding hydrogens is 236 g/mol. The van der Waals surface area contributed by atoms with Crippen molar-refractivity contribution in [2.45, 2.75) is 44.6 Å². The zero-order valence-corrected chi connectivity index (χ0v) is 11.3. The normalized spacial score (nSPS) is 26.6. The van der Waals surface area contributed by atoms with Crippen LogP contribution < -0.4 is 5.73 Å². The van der Waals surface area contributed by atoms with E-state index in [1.54, 1.807) is 0 Å². The third-order valence-electron chi connectivity index (χ3n) is 4.68. The van der Waals surface area contributed by atoms with E-state index in [1.807, 2.05) is 6.20 Å². The van der Waals surface area contributed by atoms with Crippen LogP contribution in [0, 0.1) is 12.8 Å². The lowest BCUT2D eigenvalue weighted by molar-refractivity contribution is 0.193. The molecule has 0 saturated heterocycles. The fourth-order valence-corrected chi connectivity index (χ4v) is 3.24. The lowest BCUT2D eigenvalue weighted by atomic mass is 9.80. The minimum absolute atomic E-state index is 0.512. The maximum atomic E-state index is 5.73. The Morgan fingerprint density at radius 1 is 1.37 bits per heavy atom. The van der Waals surface area contributed by atoms with Crippen LogP contribution in [0.25, 0.3) is 11.0 Å². The standard InChI is InChI=1S/C15H20N4/c1-9-4-5-17-15-13(9)14(11-2-3-11)18-19(15)12-6-10(7-12)8-16/h4-5,10-12H,2-3,6-8,16H2,1H3. The zero-order chi connectivity index (χ0) is 13.0. The van der Waals surface area contributed by atoms with Gasteiger partial charge in [0.25, 0.3) is 0 Å². The minimum atomic E-state index is 0.512. The van der Waals surface area contributed by atoms with Gasteiger partial charge in [-0.25, -0.2) is 9.67 Å². The van der Waals surface area contributed by atoms with Crippen LogP contribution in [0.3, 0.4) is 0 Å². The van der Waals surface area contributed by atoms with E-state index in [1.165, 1.54) is 29.5 Å². The van der Waals surface area contributed by atoms with Gasteiger partial charge in [-0.15, -0.1) is 0 Å². The van der Waals surface area contributed by atoms with Crippen molar-refractivity contribution in [3.05, 3.63) is 23.5 Å². The highest BCUT2D eigenvalue weighted by Gasteiger charge is 2.35. The second-order valence-electron chi connectivity index (χ2n) is 6.16. The van der Waals surface area contributed by atoms with Crippen LogP contribution >= 0.6 is 0 Å². The molecule has 2 heterocycles. The van der Waals surface area contributed by atoms with Gasteiger partial charge >= 0.3 is 0 Å². The summed E-state index contributed by atoms with van der Waals surface area (Å²) >= 11 is 0. The Morgan fingerprint density at radius 3 is 2.84 bits per heavy atom. The summed E-state index contributed by atoms with van der Waals surface area (Å²) in [6.45, 7) is 2.98. The molecule has 100 valence electrons. The van der Waals surface area contributed by atoms with Gasteiger partial charge in [0.2, 0.25) is 0 Å². The number of hydrogen-bond donors (Lipinski definition) is 1. The highest BCUT2D eigenvalue weighted by atomic mass is 15.3. The highest BCUT2D eigenvalue weighted by molar-refractivity contribution is 5.83. The Hall–Kier alpha value is -1.42. The van der Waals surface area contributed by atoms with Crippen molar-refractivity contribution in [2.24, 2.45) is 11.7 Å². The average Bonchev–Trinajstić information content (AvgIpc) is 3.12. The maximum Gasteiger partial charge on any atom is 0.158 e. The van der Waals surface area contributed by atoms with Crippen molar-refractivity contribution in [3.63, 3.8) is 0 Å². The quantitative estimate of drug-likeness (QED) is 0.918. The van der Waals surface area contributed by atoms with Crippen LogP contribution in [0.2, 0.25) is 0 Å². The van der Waals surface area contributed by atoms with Gasteiger partial charge in [-0.1, -0.05) is 0 Å². The summed E-state index contributed by atoms with van der Waals surface area (Å²) in [5.41, 5.74) is 9.42. The summed E-state index contributed by atoms with van der Waals surface area (Å²) < 4.78 is 2.18. The molecule has 4 nitrogen and oxygen atoms in total. The number of fused-ring (bicyclic) bond motifs is 1. The molecule has 0 radical (unpaired) electrons. The van der Waals surface area contributed by atoms with Gasteiger partial charge in [-0.2, -0.15) is 5.10 Å². The lowest BCUT2D eigenvalue weighted by Gasteiger charge is -2.34. The van der Waals surface area contributed by atoms with E-state index < -0.39 is 0 Å². The van der Waals surface area contributed by atoms with Gasteiger partial charge in [0.1, 0.15) is 0 Å². The first-order chi connectivity index (χ1) is 9.28. The Morgan fingerprint density at radius 2 is 2.16 bits per heavy atom. The Bertz CT molecular complexity index is 620. The number of nitrogens with two attached hydrogens (primary N) is 1. The third kappa shape index (κ3) is 1.70. The molecule has 2 saturated carbocycles. The predicted octanol–water partition coefficient (Wildman–Crippen LogP) is 2.53. The molecule has 0 amide bonds. The van der Waals surface area contributed by atoms with Crippen molar-refractivity contribution in [1.29, 1.82) is 0 Å². The van der Waals surface area contributed by atoms with Gasteiger partial charge in [0.05, 0.1) is 11.7 Å². The van der Waals surface area contributed by atoms with Crippen LogP contribution in [0.15, 0.2) is 12.3 Å². The molecule has 2 aromatic heterocycles. The smallest absolute Gasteiger partial charge is 0.158 e. The van der Waals surface area contributed by atoms with Gasteiger partial charge in [-0.3, -0.25) is 0 Å². The average molecular weight is 256 g/mol. The van der Waals surface area contributed by atoms with Crippen molar-refractivity contribution in [1.82, 2.24) is 14.8 Å². The number of hydrogen-bond acceptors (Lipinski definition) is 3. The van der Waals surface area contributed by atoms with Gasteiger partial charge in [0, 0.05) is 17.5 Å². The molecule has 0 bridgehead atoms. The third-order valence-corrected chi connectivity index (χ3v) is 4.68. The molecule has 0 aromatic carbocycles. The van der Waals surface area contributed by atoms with Crippen LogP contribution in [-0.4, -0.2) is 21.3 Å². The number of aryl methyl sites for hydroxylation is 1. The molecule has 2 aromatic rings. The van der Waals surface area contributed by atoms with Gasteiger partial charge in [0.15, 0.2) is 5.65 Å². The summed E-state index contributed by atoms with van der Waals surface area (Å²) in [6, 6.07) is 2.61. The molecule has 2 aliphatic rings. The van der Waals surface area contributed by atoms with E-state index in [4.69, 9.17) is 10.8 Å². The molecule has 0 aliphatic heterocycles. The summed E-state index contributed by atoms with van der Waals surface area (Å²) in [6.07, 6.45) is 6.80. The molecule has 2 aliphatic carbocycles. The Labute approximate surface area is 113 Å². The first kappa shape index (κ1) is 11.4.